The van der Waals surface area contributed by atoms with Crippen LogP contribution < -0.4 is 43.0 Å². The summed E-state index contributed by atoms with van der Waals surface area (Å²) in [5.41, 5.74) is 6.88. The average Bonchev–Trinajstić information content (AvgIpc) is 3.39. The average molecular weight is 1060 g/mol. The highest BCUT2D eigenvalue weighted by atomic mass is 16.5. The van der Waals surface area contributed by atoms with Crippen LogP contribution >= 0.6 is 0 Å². The highest BCUT2D eigenvalue weighted by molar-refractivity contribution is 5.96. The van der Waals surface area contributed by atoms with Crippen molar-refractivity contribution in [3.63, 3.8) is 0 Å². The molecule has 12 atom stereocenters. The fraction of sp³-hybridized carbons (Fsp3) is 0.745. The zero-order chi connectivity index (χ0) is 56.2. The summed E-state index contributed by atoms with van der Waals surface area (Å²) >= 11 is 0. The van der Waals surface area contributed by atoms with Crippen LogP contribution in [0.4, 0.5) is 0 Å². The van der Waals surface area contributed by atoms with Gasteiger partial charge in [-0.25, -0.2) is 4.79 Å². The zero-order valence-electron chi connectivity index (χ0n) is 47.2. The normalized spacial score (nSPS) is 18.0. The van der Waals surface area contributed by atoms with Crippen molar-refractivity contribution < 1.29 is 52.6 Å². The molecule has 0 aromatic heterocycles. The molecule has 7 amide bonds. The number of rotatable bonds is 35. The van der Waals surface area contributed by atoms with E-state index in [1.54, 1.807) is 27.9 Å². The van der Waals surface area contributed by atoms with E-state index in [0.29, 0.717) is 38.6 Å². The van der Waals surface area contributed by atoms with E-state index in [0.717, 1.165) is 50.6 Å². The smallest absolute Gasteiger partial charge is 0.328 e. The number of carbonyl (C=O) groups is 8. The molecule has 0 bridgehead atoms. The minimum absolute atomic E-state index is 0.00406. The van der Waals surface area contributed by atoms with Crippen molar-refractivity contribution in [2.24, 2.45) is 29.4 Å². The Morgan fingerprint density at radius 1 is 0.720 bits per heavy atom. The fourth-order valence-electron chi connectivity index (χ4n) is 9.21. The van der Waals surface area contributed by atoms with Crippen LogP contribution in [0.3, 0.4) is 0 Å². The van der Waals surface area contributed by atoms with Crippen molar-refractivity contribution in [1.29, 1.82) is 0 Å². The Bertz CT molecular complexity index is 1920. The molecule has 0 aliphatic carbocycles. The monoisotopic (exact) mass is 1060 g/mol. The zero-order valence-corrected chi connectivity index (χ0v) is 47.2. The van der Waals surface area contributed by atoms with Crippen molar-refractivity contribution in [2.45, 2.75) is 200 Å². The van der Waals surface area contributed by atoms with Crippen LogP contribution in [0.5, 0.6) is 0 Å². The van der Waals surface area contributed by atoms with E-state index in [1.165, 1.54) is 33.1 Å². The van der Waals surface area contributed by atoms with Crippen molar-refractivity contribution in [3.8, 4) is 0 Å². The molecule has 1 heterocycles. The lowest BCUT2D eigenvalue weighted by Crippen LogP contribution is -2.60. The number of methoxy groups -OCH3 is 3. The lowest BCUT2D eigenvalue weighted by molar-refractivity contribution is -0.155. The Morgan fingerprint density at radius 3 is 1.89 bits per heavy atom. The number of hydrogen-bond acceptors (Lipinski definition) is 13. The van der Waals surface area contributed by atoms with Crippen LogP contribution in [0.25, 0.3) is 0 Å². The first-order valence-corrected chi connectivity index (χ1v) is 27.3. The largest absolute Gasteiger partial charge is 0.467 e. The first kappa shape index (κ1) is 65.9. The third-order valence-corrected chi connectivity index (χ3v) is 14.4. The Hall–Kier alpha value is -5.18. The molecule has 1 fully saturated rings. The number of piperidine rings is 1. The van der Waals surface area contributed by atoms with E-state index < -0.39 is 77.9 Å². The van der Waals surface area contributed by atoms with Crippen LogP contribution in [-0.4, -0.2) is 148 Å². The predicted octanol–water partition coefficient (Wildman–Crippen LogP) is 3.38. The molecule has 1 aromatic carbocycles. The molecule has 5 unspecified atom stereocenters. The Balaban J connectivity index is 1.97. The maximum atomic E-state index is 14.1. The minimum Gasteiger partial charge on any atom is -0.467 e. The Labute approximate surface area is 447 Å². The number of benzene rings is 1. The van der Waals surface area contributed by atoms with Crippen LogP contribution in [0.15, 0.2) is 30.3 Å². The Morgan fingerprint density at radius 2 is 1.33 bits per heavy atom. The summed E-state index contributed by atoms with van der Waals surface area (Å²) in [4.78, 5) is 109. The van der Waals surface area contributed by atoms with Gasteiger partial charge < -0.3 is 56.7 Å². The molecule has 1 saturated heterocycles. The van der Waals surface area contributed by atoms with E-state index in [4.69, 9.17) is 19.9 Å². The molecule has 1 aliphatic rings. The van der Waals surface area contributed by atoms with Gasteiger partial charge in [0.25, 0.3) is 0 Å². The van der Waals surface area contributed by atoms with Crippen LogP contribution in [-0.2, 0) is 59.0 Å². The predicted molar refractivity (Wildman–Crippen MR) is 288 cm³/mol. The summed E-state index contributed by atoms with van der Waals surface area (Å²) in [6.07, 6.45) is 7.47. The van der Waals surface area contributed by atoms with Gasteiger partial charge in [-0.2, -0.15) is 0 Å². The van der Waals surface area contributed by atoms with E-state index in [2.05, 4.69) is 37.2 Å². The minimum atomic E-state index is -1.14. The van der Waals surface area contributed by atoms with Gasteiger partial charge >= 0.3 is 5.97 Å². The highest BCUT2D eigenvalue weighted by Gasteiger charge is 2.38. The summed E-state index contributed by atoms with van der Waals surface area (Å²) < 4.78 is 16.4. The van der Waals surface area contributed by atoms with Crippen molar-refractivity contribution in [2.75, 3.05) is 41.5 Å². The molecule has 20 heteroatoms. The first-order chi connectivity index (χ1) is 35.6. The number of likely N-dealkylation sites (N-methyl/N-ethyl adjacent to an activating group) is 1. The molecule has 426 valence electrons. The number of esters is 1. The highest BCUT2D eigenvalue weighted by Crippen LogP contribution is 2.21. The number of nitrogens with two attached hydrogens (primary N) is 1. The van der Waals surface area contributed by atoms with Crippen LogP contribution in [0.1, 0.15) is 144 Å². The molecular formula is C55H95N9O11. The summed E-state index contributed by atoms with van der Waals surface area (Å²) in [6.45, 7) is 15.8. The van der Waals surface area contributed by atoms with Gasteiger partial charge in [0, 0.05) is 34.2 Å². The lowest BCUT2D eigenvalue weighted by atomic mass is 9.93. The molecule has 0 radical (unpaired) electrons. The van der Waals surface area contributed by atoms with Gasteiger partial charge in [0.1, 0.15) is 30.2 Å². The topological polar surface area (TPSA) is 278 Å². The maximum Gasteiger partial charge on any atom is 0.328 e. The van der Waals surface area contributed by atoms with Crippen molar-refractivity contribution in [1.82, 2.24) is 42.1 Å². The summed E-state index contributed by atoms with van der Waals surface area (Å²) in [7, 11) is 5.84. The summed E-state index contributed by atoms with van der Waals surface area (Å²) in [5.74, 6) is -4.61. The second kappa shape index (κ2) is 35.2. The molecular weight excluding hydrogens is 963 g/mol. The third kappa shape index (κ3) is 23.7. The summed E-state index contributed by atoms with van der Waals surface area (Å²) in [5, 5.41) is 20.4. The molecule has 1 aliphatic heterocycles. The number of unbranched alkanes of at least 4 members (excludes halogenated alkanes) is 2. The molecule has 20 nitrogen and oxygen atoms in total. The van der Waals surface area contributed by atoms with Crippen LogP contribution in [0, 0.1) is 23.7 Å². The van der Waals surface area contributed by atoms with E-state index in [9.17, 15) is 38.4 Å². The lowest BCUT2D eigenvalue weighted by Gasteiger charge is -2.33. The van der Waals surface area contributed by atoms with Gasteiger partial charge in [0.15, 0.2) is 0 Å². The second-order valence-corrected chi connectivity index (χ2v) is 21.0. The van der Waals surface area contributed by atoms with Gasteiger partial charge in [-0.15, -0.1) is 0 Å². The van der Waals surface area contributed by atoms with Gasteiger partial charge in [0.05, 0.1) is 44.4 Å². The summed E-state index contributed by atoms with van der Waals surface area (Å²) in [6, 6.07) is 3.31. The molecule has 1 aromatic rings. The quantitative estimate of drug-likeness (QED) is 0.0358. The van der Waals surface area contributed by atoms with E-state index >= 15 is 0 Å². The number of amides is 7. The standard InChI is InChI=1S/C55H95N9O11/c1-13-36(6)48(53(70)59-38(8)50(67)60-43(31-39-23-17-15-18-24-39)54(71)64(9)49(37(7)14-2)55(72)75-12)63-52(69)47(34(3)4)62-46(66)33-41(74-11)30-35(5)29-40(73-10)32-45(65)58-28-21-16-19-25-42(56)51(68)61-44-26-20-22-27-57-44/h15,17-18,23-24,34-38,40-44,47-49,57H,13-14,16,19-22,25-33,56H2,1-12H3,(H,58,65)(H,59,70)(H,60,67)(H,61,68)(H,62,66)(H,63,69)/t35?,36-,37+,38-,40?,41?,42?,43+,44?,47+,48-,49-/m1/s1. The number of nitrogens with one attached hydrogen (secondary N) is 7. The van der Waals surface area contributed by atoms with E-state index in [1.807, 2.05) is 58.0 Å². The fourth-order valence-corrected chi connectivity index (χ4v) is 9.21. The molecule has 9 N–H and O–H groups in total. The van der Waals surface area contributed by atoms with E-state index in [-0.39, 0.29) is 67.0 Å². The van der Waals surface area contributed by atoms with Gasteiger partial charge in [-0.3, -0.25) is 38.9 Å². The number of hydrogen-bond donors (Lipinski definition) is 8. The van der Waals surface area contributed by atoms with Crippen molar-refractivity contribution in [3.05, 3.63) is 35.9 Å². The van der Waals surface area contributed by atoms with Crippen LogP contribution in [0.2, 0.25) is 0 Å². The molecule has 0 spiro atoms. The number of ether oxygens (including phenoxy) is 3. The number of carbonyl (C=O) groups excluding carboxylic acids is 8. The molecule has 75 heavy (non-hydrogen) atoms. The van der Waals surface area contributed by atoms with Gasteiger partial charge in [0.2, 0.25) is 41.4 Å². The maximum absolute atomic E-state index is 14.1. The van der Waals surface area contributed by atoms with Crippen molar-refractivity contribution >= 4 is 47.3 Å². The number of nitrogens with zero attached hydrogens (tertiary/aromatic N) is 1. The third-order valence-electron chi connectivity index (χ3n) is 14.4. The SMILES string of the molecule is CC[C@@H](C)[C@@H](NC(=O)[C@@H](NC(=O)CC(CC(C)CC(CC(=O)NCCCCCC(N)C(=O)NC1CCCCN1)OC)OC)C(C)C)C(=O)N[C@H](C)C(=O)N[C@@H](Cc1ccccc1)C(=O)N(C)[C@@H](C(=O)OC)[C@@H](C)CC. The van der Waals surface area contributed by atoms with Gasteiger partial charge in [-0.05, 0) is 87.6 Å². The Kier molecular flexibility index (Phi) is 31.0. The molecule has 2 rings (SSSR count). The second-order valence-electron chi connectivity index (χ2n) is 21.0. The van der Waals surface area contributed by atoms with Gasteiger partial charge in [-0.1, -0.05) is 104 Å². The first-order valence-electron chi connectivity index (χ1n) is 27.3. The molecule has 0 saturated carbocycles.